The quantitative estimate of drug-likeness (QED) is 0.883. The summed E-state index contributed by atoms with van der Waals surface area (Å²) in [5.74, 6) is -0.410. The molecule has 1 saturated heterocycles. The van der Waals surface area contributed by atoms with E-state index in [2.05, 4.69) is 10.3 Å². The van der Waals surface area contributed by atoms with Gasteiger partial charge >= 0.3 is 5.76 Å². The zero-order chi connectivity index (χ0) is 13.2. The van der Waals surface area contributed by atoms with Crippen LogP contribution in [0.5, 0.6) is 0 Å². The Kier molecular flexibility index (Phi) is 3.40. The number of ether oxygens (including phenoxy) is 1. The SMILES string of the molecule is CNC(CC1CCCO1)c1ccc2[nH]c(=O)oc2c1. The predicted molar refractivity (Wildman–Crippen MR) is 72.2 cm³/mol. The molecule has 3 rings (SSSR count). The van der Waals surface area contributed by atoms with Gasteiger partial charge < -0.3 is 14.5 Å². The molecule has 1 aromatic heterocycles. The number of nitrogens with one attached hydrogen (secondary N) is 2. The Morgan fingerprint density at radius 1 is 1.53 bits per heavy atom. The van der Waals surface area contributed by atoms with Gasteiger partial charge in [-0.3, -0.25) is 4.98 Å². The average molecular weight is 262 g/mol. The lowest BCUT2D eigenvalue weighted by Gasteiger charge is -2.20. The standard InChI is InChI=1S/C14H18N2O3/c1-15-12(8-10-3-2-6-18-10)9-4-5-11-13(7-9)19-14(17)16-11/h4-5,7,10,12,15H,2-3,6,8H2,1H3,(H,16,17). The van der Waals surface area contributed by atoms with Crippen LogP contribution in [0.1, 0.15) is 30.9 Å². The highest BCUT2D eigenvalue weighted by atomic mass is 16.5. The Morgan fingerprint density at radius 2 is 2.42 bits per heavy atom. The molecule has 2 atom stereocenters. The van der Waals surface area contributed by atoms with Crippen molar-refractivity contribution in [2.45, 2.75) is 31.4 Å². The van der Waals surface area contributed by atoms with Crippen LogP contribution >= 0.6 is 0 Å². The van der Waals surface area contributed by atoms with Crippen LogP contribution in [0.25, 0.3) is 11.1 Å². The minimum Gasteiger partial charge on any atom is -0.408 e. The molecule has 5 nitrogen and oxygen atoms in total. The van der Waals surface area contributed by atoms with Gasteiger partial charge in [-0.05, 0) is 44.0 Å². The van der Waals surface area contributed by atoms with Crippen molar-refractivity contribution in [3.63, 3.8) is 0 Å². The number of fused-ring (bicyclic) bond motifs is 1. The first-order valence-corrected chi connectivity index (χ1v) is 6.68. The molecule has 1 aliphatic rings. The number of aromatic amines is 1. The maximum atomic E-state index is 11.2. The molecule has 0 radical (unpaired) electrons. The van der Waals surface area contributed by atoms with Gasteiger partial charge in [-0.15, -0.1) is 0 Å². The van der Waals surface area contributed by atoms with Gasteiger partial charge in [-0.25, -0.2) is 4.79 Å². The second-order valence-electron chi connectivity index (χ2n) is 4.98. The molecule has 5 heteroatoms. The van der Waals surface area contributed by atoms with Gasteiger partial charge in [0, 0.05) is 12.6 Å². The molecule has 2 aromatic rings. The molecule has 0 aliphatic carbocycles. The van der Waals surface area contributed by atoms with Crippen molar-refractivity contribution in [2.75, 3.05) is 13.7 Å². The highest BCUT2D eigenvalue weighted by molar-refractivity contribution is 5.72. The molecule has 2 N–H and O–H groups in total. The van der Waals surface area contributed by atoms with E-state index in [4.69, 9.17) is 9.15 Å². The maximum absolute atomic E-state index is 11.2. The number of aromatic nitrogens is 1. The molecule has 0 saturated carbocycles. The molecule has 2 heterocycles. The van der Waals surface area contributed by atoms with E-state index >= 15 is 0 Å². The van der Waals surface area contributed by atoms with Gasteiger partial charge in [-0.1, -0.05) is 6.07 Å². The molecule has 1 aromatic carbocycles. The van der Waals surface area contributed by atoms with Crippen LogP contribution in [0.15, 0.2) is 27.4 Å². The van der Waals surface area contributed by atoms with Crippen LogP contribution in [-0.2, 0) is 4.74 Å². The lowest BCUT2D eigenvalue weighted by molar-refractivity contribution is 0.0954. The summed E-state index contributed by atoms with van der Waals surface area (Å²) >= 11 is 0. The topological polar surface area (TPSA) is 67.3 Å². The van der Waals surface area contributed by atoms with Crippen molar-refractivity contribution >= 4 is 11.1 Å². The van der Waals surface area contributed by atoms with E-state index in [1.165, 1.54) is 0 Å². The third-order valence-electron chi connectivity index (χ3n) is 3.72. The lowest BCUT2D eigenvalue weighted by Crippen LogP contribution is -2.22. The molecule has 1 aliphatic heterocycles. The third kappa shape index (κ3) is 2.57. The van der Waals surface area contributed by atoms with E-state index < -0.39 is 5.76 Å². The van der Waals surface area contributed by atoms with Crippen LogP contribution < -0.4 is 11.1 Å². The lowest BCUT2D eigenvalue weighted by atomic mass is 9.99. The Hall–Kier alpha value is -1.59. The van der Waals surface area contributed by atoms with Crippen LogP contribution in [0, 0.1) is 0 Å². The number of oxazole rings is 1. The van der Waals surface area contributed by atoms with Gasteiger partial charge in [0.1, 0.15) is 0 Å². The van der Waals surface area contributed by atoms with Crippen molar-refractivity contribution in [1.82, 2.24) is 10.3 Å². The average Bonchev–Trinajstić information content (AvgIpc) is 3.02. The summed E-state index contributed by atoms with van der Waals surface area (Å²) in [6, 6.07) is 6.04. The summed E-state index contributed by atoms with van der Waals surface area (Å²) < 4.78 is 10.8. The second kappa shape index (κ2) is 5.19. The monoisotopic (exact) mass is 262 g/mol. The van der Waals surface area contributed by atoms with E-state index in [0.29, 0.717) is 11.7 Å². The van der Waals surface area contributed by atoms with E-state index in [9.17, 15) is 4.79 Å². The van der Waals surface area contributed by atoms with Crippen LogP contribution in [0.2, 0.25) is 0 Å². The Morgan fingerprint density at radius 3 is 3.16 bits per heavy atom. The van der Waals surface area contributed by atoms with E-state index in [1.54, 1.807) is 0 Å². The number of H-pyrrole nitrogens is 1. The molecule has 2 unspecified atom stereocenters. The number of hydrogen-bond donors (Lipinski definition) is 2. The van der Waals surface area contributed by atoms with Crippen molar-refractivity contribution < 1.29 is 9.15 Å². The second-order valence-corrected chi connectivity index (χ2v) is 4.98. The first-order valence-electron chi connectivity index (χ1n) is 6.68. The first kappa shape index (κ1) is 12.4. The normalized spacial score (nSPS) is 21.0. The summed E-state index contributed by atoms with van der Waals surface area (Å²) in [7, 11) is 1.94. The van der Waals surface area contributed by atoms with Crippen LogP contribution in [0.4, 0.5) is 0 Å². The maximum Gasteiger partial charge on any atom is 0.417 e. The first-order chi connectivity index (χ1) is 9.26. The summed E-state index contributed by atoms with van der Waals surface area (Å²) in [5, 5.41) is 3.31. The molecule has 0 bridgehead atoms. The molecule has 102 valence electrons. The zero-order valence-corrected chi connectivity index (χ0v) is 10.9. The summed E-state index contributed by atoms with van der Waals surface area (Å²) in [5.41, 5.74) is 2.46. The van der Waals surface area contributed by atoms with Crippen molar-refractivity contribution in [3.8, 4) is 0 Å². The van der Waals surface area contributed by atoms with Gasteiger partial charge in [0.25, 0.3) is 0 Å². The van der Waals surface area contributed by atoms with E-state index in [1.807, 2.05) is 25.2 Å². The van der Waals surface area contributed by atoms with Crippen molar-refractivity contribution in [3.05, 3.63) is 34.3 Å². The fourth-order valence-electron chi connectivity index (χ4n) is 2.69. The molecule has 0 spiro atoms. The third-order valence-corrected chi connectivity index (χ3v) is 3.72. The summed E-state index contributed by atoms with van der Waals surface area (Å²) in [6.45, 7) is 0.868. The van der Waals surface area contributed by atoms with Crippen molar-refractivity contribution in [2.24, 2.45) is 0 Å². The Bertz CT molecular complexity index is 610. The zero-order valence-electron chi connectivity index (χ0n) is 10.9. The summed E-state index contributed by atoms with van der Waals surface area (Å²) in [4.78, 5) is 13.8. The minimum absolute atomic E-state index is 0.215. The highest BCUT2D eigenvalue weighted by Gasteiger charge is 2.21. The Balaban J connectivity index is 1.84. The minimum atomic E-state index is -0.410. The molecular formula is C14H18N2O3. The fraction of sp³-hybridized carbons (Fsp3) is 0.500. The molecule has 1 fully saturated rings. The van der Waals surface area contributed by atoms with Gasteiger partial charge in [0.2, 0.25) is 0 Å². The number of hydrogen-bond acceptors (Lipinski definition) is 4. The molecule has 19 heavy (non-hydrogen) atoms. The number of benzene rings is 1. The van der Waals surface area contributed by atoms with Gasteiger partial charge in [0.15, 0.2) is 5.58 Å². The van der Waals surface area contributed by atoms with Crippen LogP contribution in [0.3, 0.4) is 0 Å². The van der Waals surface area contributed by atoms with Gasteiger partial charge in [0.05, 0.1) is 11.6 Å². The Labute approximate surface area is 111 Å². The highest BCUT2D eigenvalue weighted by Crippen LogP contribution is 2.26. The summed E-state index contributed by atoms with van der Waals surface area (Å²) in [6.07, 6.45) is 3.54. The fourth-order valence-corrected chi connectivity index (χ4v) is 2.69. The van der Waals surface area contributed by atoms with E-state index in [0.717, 1.165) is 36.9 Å². The largest absolute Gasteiger partial charge is 0.417 e. The van der Waals surface area contributed by atoms with Crippen molar-refractivity contribution in [1.29, 1.82) is 0 Å². The van der Waals surface area contributed by atoms with Crippen LogP contribution in [-0.4, -0.2) is 24.7 Å². The molecular weight excluding hydrogens is 244 g/mol. The van der Waals surface area contributed by atoms with Gasteiger partial charge in [-0.2, -0.15) is 0 Å². The molecule has 0 amide bonds. The smallest absolute Gasteiger partial charge is 0.408 e. The number of rotatable bonds is 4. The predicted octanol–water partition coefficient (Wildman–Crippen LogP) is 1.95. The van der Waals surface area contributed by atoms with E-state index in [-0.39, 0.29) is 6.04 Å².